The van der Waals surface area contributed by atoms with Gasteiger partial charge >= 0.3 is 0 Å². The van der Waals surface area contributed by atoms with E-state index in [1.807, 2.05) is 6.08 Å². The zero-order valence-electron chi connectivity index (χ0n) is 7.00. The van der Waals surface area contributed by atoms with E-state index in [1.54, 1.807) is 12.5 Å². The molecule has 1 heterocycles. The fourth-order valence-corrected chi connectivity index (χ4v) is 1.37. The monoisotopic (exact) mass is 158 g/mol. The second-order valence-electron chi connectivity index (χ2n) is 2.91. The van der Waals surface area contributed by atoms with Crippen molar-refractivity contribution in [2.24, 2.45) is 0 Å². The Morgan fingerprint density at radius 3 is 2.58 bits per heavy atom. The summed E-state index contributed by atoms with van der Waals surface area (Å²) < 4.78 is 5.09. The summed E-state index contributed by atoms with van der Waals surface area (Å²) in [6.45, 7) is 5.83. The Kier molecular flexibility index (Phi) is 1.51. The highest BCUT2D eigenvalue weighted by molar-refractivity contribution is 5.84. The molecule has 0 unspecified atom stereocenters. The average Bonchev–Trinajstić information content (AvgIpc) is 2.49. The predicted molar refractivity (Wildman–Crippen MR) is 51.0 cm³/mol. The lowest BCUT2D eigenvalue weighted by molar-refractivity contribution is 0.572. The highest BCUT2D eigenvalue weighted by Gasteiger charge is 1.99. The first-order valence-corrected chi connectivity index (χ1v) is 3.90. The Labute approximate surface area is 71.3 Å². The topological polar surface area (TPSA) is 13.1 Å². The lowest BCUT2D eigenvalue weighted by Crippen LogP contribution is -1.78. The minimum absolute atomic E-state index is 1.13. The van der Waals surface area contributed by atoms with Crippen LogP contribution in [0.4, 0.5) is 0 Å². The van der Waals surface area contributed by atoms with Crippen molar-refractivity contribution in [3.05, 3.63) is 42.4 Å². The van der Waals surface area contributed by atoms with E-state index in [4.69, 9.17) is 4.42 Å². The molecule has 1 aromatic carbocycles. The first kappa shape index (κ1) is 7.17. The molecule has 0 radical (unpaired) electrons. The Hall–Kier alpha value is -1.50. The Morgan fingerprint density at radius 2 is 1.92 bits per heavy atom. The molecule has 1 aromatic heterocycles. The Morgan fingerprint density at radius 1 is 1.25 bits per heavy atom. The van der Waals surface area contributed by atoms with Crippen LogP contribution in [0.1, 0.15) is 11.1 Å². The van der Waals surface area contributed by atoms with Crippen LogP contribution >= 0.6 is 0 Å². The largest absolute Gasteiger partial charge is 0.471 e. The van der Waals surface area contributed by atoms with Crippen molar-refractivity contribution in [1.29, 1.82) is 0 Å². The zero-order chi connectivity index (χ0) is 8.55. The summed E-state index contributed by atoms with van der Waals surface area (Å²) in [5.74, 6) is 0. The van der Waals surface area contributed by atoms with Gasteiger partial charge in [0.1, 0.15) is 0 Å². The summed E-state index contributed by atoms with van der Waals surface area (Å²) in [5, 5.41) is 2.29. The number of fused-ring (bicyclic) bond motifs is 1. The van der Waals surface area contributed by atoms with Gasteiger partial charge in [-0.05, 0) is 30.2 Å². The van der Waals surface area contributed by atoms with Crippen LogP contribution in [0.3, 0.4) is 0 Å². The van der Waals surface area contributed by atoms with Crippen LogP contribution in [0.25, 0.3) is 16.8 Å². The second kappa shape index (κ2) is 2.52. The summed E-state index contributed by atoms with van der Waals surface area (Å²) in [6.07, 6.45) is 5.37. The summed E-state index contributed by atoms with van der Waals surface area (Å²) >= 11 is 0. The highest BCUT2D eigenvalue weighted by Crippen LogP contribution is 2.20. The molecule has 0 amide bonds. The van der Waals surface area contributed by atoms with Gasteiger partial charge in [-0.3, -0.25) is 0 Å². The van der Waals surface area contributed by atoms with Crippen LogP contribution < -0.4 is 0 Å². The second-order valence-corrected chi connectivity index (χ2v) is 2.91. The number of rotatable bonds is 1. The van der Waals surface area contributed by atoms with Crippen LogP contribution in [-0.2, 0) is 0 Å². The number of benzene rings is 1. The molecule has 0 aliphatic rings. The van der Waals surface area contributed by atoms with Gasteiger partial charge in [0.05, 0.1) is 12.5 Å². The van der Waals surface area contributed by atoms with E-state index in [0.29, 0.717) is 0 Å². The molecule has 0 aliphatic carbocycles. The molecule has 0 aliphatic heterocycles. The molecule has 2 rings (SSSR count). The van der Waals surface area contributed by atoms with Gasteiger partial charge in [-0.1, -0.05) is 12.7 Å². The predicted octanol–water partition coefficient (Wildman–Crippen LogP) is 3.38. The zero-order valence-corrected chi connectivity index (χ0v) is 7.00. The van der Waals surface area contributed by atoms with E-state index in [0.717, 1.165) is 10.8 Å². The number of furan rings is 1. The molecule has 1 nitrogen and oxygen atoms in total. The molecule has 0 fully saturated rings. The molecule has 0 atom stereocenters. The molecule has 0 saturated heterocycles. The van der Waals surface area contributed by atoms with Crippen molar-refractivity contribution in [2.75, 3.05) is 0 Å². The minimum atomic E-state index is 1.13. The van der Waals surface area contributed by atoms with Gasteiger partial charge < -0.3 is 4.42 Å². The number of hydrogen-bond donors (Lipinski definition) is 0. The van der Waals surface area contributed by atoms with Gasteiger partial charge in [0.25, 0.3) is 0 Å². The van der Waals surface area contributed by atoms with Crippen molar-refractivity contribution in [3.8, 4) is 0 Å². The van der Waals surface area contributed by atoms with E-state index < -0.39 is 0 Å². The maximum atomic E-state index is 5.09. The van der Waals surface area contributed by atoms with Crippen molar-refractivity contribution in [1.82, 2.24) is 0 Å². The summed E-state index contributed by atoms with van der Waals surface area (Å²) in [6, 6.07) is 4.19. The summed E-state index contributed by atoms with van der Waals surface area (Å²) in [4.78, 5) is 0. The fraction of sp³-hybridized carbons (Fsp3) is 0.0909. The lowest BCUT2D eigenvalue weighted by Gasteiger charge is -1.98. The molecule has 0 bridgehead atoms. The lowest BCUT2D eigenvalue weighted by atomic mass is 10.1. The smallest absolute Gasteiger partial charge is 0.0981 e. The van der Waals surface area contributed by atoms with Gasteiger partial charge in [0, 0.05) is 10.8 Å². The summed E-state index contributed by atoms with van der Waals surface area (Å²) in [5.41, 5.74) is 2.41. The number of hydrogen-bond acceptors (Lipinski definition) is 1. The van der Waals surface area contributed by atoms with Gasteiger partial charge in [0.15, 0.2) is 0 Å². The maximum Gasteiger partial charge on any atom is 0.0981 e. The van der Waals surface area contributed by atoms with Crippen molar-refractivity contribution in [2.45, 2.75) is 6.92 Å². The molecule has 0 N–H and O–H groups in total. The van der Waals surface area contributed by atoms with Crippen LogP contribution in [0, 0.1) is 6.92 Å². The van der Waals surface area contributed by atoms with Crippen LogP contribution in [-0.4, -0.2) is 0 Å². The maximum absolute atomic E-state index is 5.09. The van der Waals surface area contributed by atoms with Crippen LogP contribution in [0.5, 0.6) is 0 Å². The average molecular weight is 158 g/mol. The molecular weight excluding hydrogens is 148 g/mol. The molecular formula is C11H10O. The minimum Gasteiger partial charge on any atom is -0.471 e. The van der Waals surface area contributed by atoms with Crippen LogP contribution in [0.2, 0.25) is 0 Å². The van der Waals surface area contributed by atoms with Crippen LogP contribution in [0.15, 0.2) is 35.7 Å². The molecule has 60 valence electrons. The Bertz CT molecular complexity index is 423. The molecule has 2 aromatic rings. The standard InChI is InChI=1S/C11H10O/c1-3-9-5-11-7-12-6-10(11)4-8(9)2/h3-7H,1H2,2H3. The normalized spacial score (nSPS) is 10.4. The molecule has 0 saturated carbocycles. The highest BCUT2D eigenvalue weighted by atomic mass is 16.3. The summed E-state index contributed by atoms with van der Waals surface area (Å²) in [7, 11) is 0. The van der Waals surface area contributed by atoms with E-state index in [2.05, 4.69) is 25.6 Å². The van der Waals surface area contributed by atoms with Gasteiger partial charge in [-0.25, -0.2) is 0 Å². The van der Waals surface area contributed by atoms with Crippen molar-refractivity contribution < 1.29 is 4.42 Å². The van der Waals surface area contributed by atoms with Gasteiger partial charge in [-0.15, -0.1) is 0 Å². The van der Waals surface area contributed by atoms with Crippen molar-refractivity contribution in [3.63, 3.8) is 0 Å². The Balaban J connectivity index is 2.81. The molecule has 1 heteroatoms. The third kappa shape index (κ3) is 0.944. The third-order valence-electron chi connectivity index (χ3n) is 2.08. The van der Waals surface area contributed by atoms with E-state index in [-0.39, 0.29) is 0 Å². The quantitative estimate of drug-likeness (QED) is 0.620. The first-order chi connectivity index (χ1) is 5.81. The van der Waals surface area contributed by atoms with E-state index in [9.17, 15) is 0 Å². The van der Waals surface area contributed by atoms with Crippen molar-refractivity contribution >= 4 is 16.8 Å². The van der Waals surface area contributed by atoms with E-state index >= 15 is 0 Å². The van der Waals surface area contributed by atoms with Gasteiger partial charge in [0.2, 0.25) is 0 Å². The number of aryl methyl sites for hydroxylation is 1. The fourth-order valence-electron chi connectivity index (χ4n) is 1.37. The third-order valence-corrected chi connectivity index (χ3v) is 2.08. The van der Waals surface area contributed by atoms with E-state index in [1.165, 1.54) is 11.1 Å². The van der Waals surface area contributed by atoms with Gasteiger partial charge in [-0.2, -0.15) is 0 Å². The first-order valence-electron chi connectivity index (χ1n) is 3.90. The molecule has 0 spiro atoms. The molecule has 12 heavy (non-hydrogen) atoms. The SMILES string of the molecule is C=Cc1cc2cocc2cc1C.